The van der Waals surface area contributed by atoms with Gasteiger partial charge in [0.2, 0.25) is 0 Å². The lowest BCUT2D eigenvalue weighted by Gasteiger charge is -2.13. The Morgan fingerprint density at radius 3 is 2.10 bits per heavy atom. The molecule has 0 saturated carbocycles. The second-order valence-corrected chi connectivity index (χ2v) is 3.56. The van der Waals surface area contributed by atoms with Crippen LogP contribution in [0.5, 0.6) is 0 Å². The zero-order valence-electron chi connectivity index (χ0n) is 7.94. The van der Waals surface area contributed by atoms with Crippen LogP contribution in [-0.2, 0) is 0 Å². The van der Waals surface area contributed by atoms with Gasteiger partial charge in [-0.3, -0.25) is 0 Å². The topological polar surface area (TPSA) is 0 Å². The van der Waals surface area contributed by atoms with Crippen LogP contribution in [-0.4, -0.2) is 0 Å². The van der Waals surface area contributed by atoms with E-state index in [-0.39, 0.29) is 0 Å². The van der Waals surface area contributed by atoms with Crippen LogP contribution in [0.2, 0.25) is 0 Å². The molecule has 0 aliphatic rings. The van der Waals surface area contributed by atoms with Crippen LogP contribution in [0.4, 0.5) is 0 Å². The van der Waals surface area contributed by atoms with Crippen LogP contribution in [0.25, 0.3) is 0 Å². The third-order valence-corrected chi connectivity index (χ3v) is 2.06. The summed E-state index contributed by atoms with van der Waals surface area (Å²) in [5.74, 6) is 1.59. The van der Waals surface area contributed by atoms with E-state index in [1.807, 2.05) is 0 Å². The molecular formula is C10H20. The largest absolute Gasteiger partial charge is 0.0885 e. The van der Waals surface area contributed by atoms with E-state index < -0.39 is 0 Å². The van der Waals surface area contributed by atoms with Crippen molar-refractivity contribution < 1.29 is 0 Å². The highest BCUT2D eigenvalue weighted by Gasteiger charge is 2.04. The summed E-state index contributed by atoms with van der Waals surface area (Å²) in [5.41, 5.74) is 1.52. The number of hydrogen-bond donors (Lipinski definition) is 0. The van der Waals surface area contributed by atoms with Crippen molar-refractivity contribution in [2.45, 2.75) is 41.0 Å². The third kappa shape index (κ3) is 3.71. The van der Waals surface area contributed by atoms with E-state index in [2.05, 4.69) is 40.7 Å². The zero-order chi connectivity index (χ0) is 8.15. The average Bonchev–Trinajstić information content (AvgIpc) is 1.85. The molecule has 0 aliphatic carbocycles. The molecule has 0 aromatic heterocycles. The molecule has 0 heteroatoms. The third-order valence-electron chi connectivity index (χ3n) is 2.06. The average molecular weight is 140 g/mol. The number of hydrogen-bond acceptors (Lipinski definition) is 0. The van der Waals surface area contributed by atoms with Gasteiger partial charge in [-0.15, -0.1) is 0 Å². The number of rotatable bonds is 3. The standard InChI is InChI=1S/C10H20/c1-6-9(4)10(5)7-8(2)3/h6,8,10H,7H2,1-5H3. The Kier molecular flexibility index (Phi) is 4.42. The molecule has 0 aromatic rings. The maximum absolute atomic E-state index is 2.30. The summed E-state index contributed by atoms with van der Waals surface area (Å²) in [7, 11) is 0. The Labute approximate surface area is 65.3 Å². The predicted molar refractivity (Wildman–Crippen MR) is 48.1 cm³/mol. The lowest BCUT2D eigenvalue weighted by atomic mass is 9.93. The van der Waals surface area contributed by atoms with Crippen molar-refractivity contribution in [3.63, 3.8) is 0 Å². The van der Waals surface area contributed by atoms with Crippen molar-refractivity contribution in [1.29, 1.82) is 0 Å². The predicted octanol–water partition coefficient (Wildman–Crippen LogP) is 3.63. The van der Waals surface area contributed by atoms with Gasteiger partial charge in [0.1, 0.15) is 0 Å². The second kappa shape index (κ2) is 4.54. The molecule has 10 heavy (non-hydrogen) atoms. The zero-order valence-corrected chi connectivity index (χ0v) is 7.94. The molecule has 1 atom stereocenters. The van der Waals surface area contributed by atoms with E-state index in [0.29, 0.717) is 0 Å². The van der Waals surface area contributed by atoms with Gasteiger partial charge >= 0.3 is 0 Å². The van der Waals surface area contributed by atoms with Gasteiger partial charge in [0.25, 0.3) is 0 Å². The molecule has 0 N–H and O–H groups in total. The summed E-state index contributed by atoms with van der Waals surface area (Å²) in [5, 5.41) is 0. The SMILES string of the molecule is CC=C(C)C(C)CC(C)C. The van der Waals surface area contributed by atoms with E-state index in [4.69, 9.17) is 0 Å². The fourth-order valence-corrected chi connectivity index (χ4v) is 1.18. The van der Waals surface area contributed by atoms with E-state index in [0.717, 1.165) is 11.8 Å². The molecular weight excluding hydrogens is 120 g/mol. The van der Waals surface area contributed by atoms with E-state index in [1.54, 1.807) is 0 Å². The van der Waals surface area contributed by atoms with Gasteiger partial charge in [-0.05, 0) is 32.1 Å². The summed E-state index contributed by atoms with van der Waals surface area (Å²) in [6.45, 7) is 11.2. The molecule has 0 aliphatic heterocycles. The lowest BCUT2D eigenvalue weighted by molar-refractivity contribution is 0.485. The van der Waals surface area contributed by atoms with Gasteiger partial charge in [-0.2, -0.15) is 0 Å². The Balaban J connectivity index is 3.73. The maximum atomic E-state index is 2.30. The van der Waals surface area contributed by atoms with Crippen molar-refractivity contribution in [2.24, 2.45) is 11.8 Å². The molecule has 0 bridgehead atoms. The molecule has 0 amide bonds. The Bertz CT molecular complexity index is 109. The fraction of sp³-hybridized carbons (Fsp3) is 0.800. The Morgan fingerprint density at radius 2 is 1.80 bits per heavy atom. The maximum Gasteiger partial charge on any atom is -0.0232 e. The van der Waals surface area contributed by atoms with Crippen LogP contribution < -0.4 is 0 Å². The molecule has 0 aromatic carbocycles. The minimum atomic E-state index is 0.769. The fourth-order valence-electron chi connectivity index (χ4n) is 1.18. The summed E-state index contributed by atoms with van der Waals surface area (Å²) >= 11 is 0. The van der Waals surface area contributed by atoms with E-state index >= 15 is 0 Å². The van der Waals surface area contributed by atoms with Crippen molar-refractivity contribution >= 4 is 0 Å². The van der Waals surface area contributed by atoms with Crippen molar-refractivity contribution in [3.05, 3.63) is 11.6 Å². The Hall–Kier alpha value is -0.260. The van der Waals surface area contributed by atoms with Crippen LogP contribution in [0.1, 0.15) is 41.0 Å². The van der Waals surface area contributed by atoms with Crippen LogP contribution in [0.3, 0.4) is 0 Å². The number of allylic oxidation sites excluding steroid dienone is 2. The summed E-state index contributed by atoms with van der Waals surface area (Å²) < 4.78 is 0. The van der Waals surface area contributed by atoms with Crippen LogP contribution in [0.15, 0.2) is 11.6 Å². The smallest absolute Gasteiger partial charge is 0.0232 e. The van der Waals surface area contributed by atoms with Gasteiger partial charge in [0, 0.05) is 0 Å². The molecule has 0 nitrogen and oxygen atoms in total. The molecule has 0 saturated heterocycles. The highest BCUT2D eigenvalue weighted by molar-refractivity contribution is 4.99. The van der Waals surface area contributed by atoms with Gasteiger partial charge in [-0.25, -0.2) is 0 Å². The first kappa shape index (κ1) is 9.74. The monoisotopic (exact) mass is 140 g/mol. The van der Waals surface area contributed by atoms with Crippen molar-refractivity contribution in [3.8, 4) is 0 Å². The second-order valence-electron chi connectivity index (χ2n) is 3.56. The highest BCUT2D eigenvalue weighted by atomic mass is 14.1. The quantitative estimate of drug-likeness (QED) is 0.525. The minimum absolute atomic E-state index is 0.769. The Morgan fingerprint density at radius 1 is 1.30 bits per heavy atom. The van der Waals surface area contributed by atoms with E-state index in [1.165, 1.54) is 12.0 Å². The van der Waals surface area contributed by atoms with Crippen molar-refractivity contribution in [2.75, 3.05) is 0 Å². The van der Waals surface area contributed by atoms with Crippen LogP contribution in [0, 0.1) is 11.8 Å². The summed E-state index contributed by atoms with van der Waals surface area (Å²) in [4.78, 5) is 0. The first-order chi connectivity index (χ1) is 4.57. The van der Waals surface area contributed by atoms with Crippen LogP contribution >= 0.6 is 0 Å². The highest BCUT2D eigenvalue weighted by Crippen LogP contribution is 2.18. The summed E-state index contributed by atoms with van der Waals surface area (Å²) in [6.07, 6.45) is 3.53. The minimum Gasteiger partial charge on any atom is -0.0885 e. The molecule has 1 unspecified atom stereocenters. The van der Waals surface area contributed by atoms with Gasteiger partial charge in [-0.1, -0.05) is 32.4 Å². The van der Waals surface area contributed by atoms with Crippen molar-refractivity contribution in [1.82, 2.24) is 0 Å². The van der Waals surface area contributed by atoms with E-state index in [9.17, 15) is 0 Å². The molecule has 0 fully saturated rings. The van der Waals surface area contributed by atoms with Gasteiger partial charge < -0.3 is 0 Å². The molecule has 0 radical (unpaired) electrons. The molecule has 0 heterocycles. The summed E-state index contributed by atoms with van der Waals surface area (Å²) in [6, 6.07) is 0. The first-order valence-electron chi connectivity index (χ1n) is 4.20. The normalized spacial score (nSPS) is 16.0. The lowest BCUT2D eigenvalue weighted by Crippen LogP contribution is -2.00. The molecule has 0 spiro atoms. The molecule has 60 valence electrons. The van der Waals surface area contributed by atoms with Gasteiger partial charge in [0.15, 0.2) is 0 Å². The van der Waals surface area contributed by atoms with Gasteiger partial charge in [0.05, 0.1) is 0 Å². The molecule has 0 rings (SSSR count). The first-order valence-corrected chi connectivity index (χ1v) is 4.20.